The maximum atomic E-state index is 13.0. The lowest BCUT2D eigenvalue weighted by Gasteiger charge is -2.42. The van der Waals surface area contributed by atoms with E-state index in [1.807, 2.05) is 18.7 Å². The van der Waals surface area contributed by atoms with Crippen molar-refractivity contribution in [3.05, 3.63) is 23.0 Å². The van der Waals surface area contributed by atoms with Gasteiger partial charge in [0, 0.05) is 25.7 Å². The van der Waals surface area contributed by atoms with Crippen LogP contribution in [0.25, 0.3) is 0 Å². The first kappa shape index (κ1) is 21.2. The number of aromatic nitrogens is 2. The van der Waals surface area contributed by atoms with E-state index in [0.717, 1.165) is 13.0 Å². The Labute approximate surface area is 161 Å². The van der Waals surface area contributed by atoms with Crippen molar-refractivity contribution < 1.29 is 9.59 Å². The molecule has 1 unspecified atom stereocenters. The minimum Gasteiger partial charge on any atom is -0.334 e. The minimum atomic E-state index is -0.492. The van der Waals surface area contributed by atoms with Gasteiger partial charge < -0.3 is 4.90 Å². The first-order valence-corrected chi connectivity index (χ1v) is 9.65. The van der Waals surface area contributed by atoms with E-state index in [1.54, 1.807) is 6.07 Å². The fourth-order valence-electron chi connectivity index (χ4n) is 3.52. The normalized spacial score (nSPS) is 19.2. The van der Waals surface area contributed by atoms with Crippen LogP contribution in [0.4, 0.5) is 0 Å². The zero-order valence-corrected chi connectivity index (χ0v) is 17.0. The number of piperazine rings is 1. The van der Waals surface area contributed by atoms with Crippen LogP contribution >= 0.6 is 0 Å². The van der Waals surface area contributed by atoms with Gasteiger partial charge in [0.15, 0.2) is 11.4 Å². The summed E-state index contributed by atoms with van der Waals surface area (Å²) in [4.78, 5) is 29.1. The van der Waals surface area contributed by atoms with Crippen LogP contribution in [0.1, 0.15) is 60.7 Å². The molecular weight excluding hydrogens is 344 g/mol. The highest BCUT2D eigenvalue weighted by Crippen LogP contribution is 2.20. The molecule has 0 aromatic carbocycles. The molecule has 0 radical (unpaired) electrons. The average Bonchev–Trinajstić information content (AvgIpc) is 2.66. The number of carbonyl (C=O) groups excluding carboxylic acids is 2. The Balaban J connectivity index is 2.26. The number of nitrogens with two attached hydrogens (primary N) is 1. The molecule has 2 amide bonds. The molecule has 0 saturated carbocycles. The number of hydrogen-bond donors (Lipinski definition) is 2. The molecule has 2 atom stereocenters. The summed E-state index contributed by atoms with van der Waals surface area (Å²) in [5, 5.41) is 8.03. The fraction of sp³-hybridized carbons (Fsp3) is 0.684. The molecule has 1 saturated heterocycles. The maximum absolute atomic E-state index is 13.0. The van der Waals surface area contributed by atoms with Gasteiger partial charge in [-0.05, 0) is 36.9 Å². The van der Waals surface area contributed by atoms with Crippen molar-refractivity contribution >= 4 is 11.8 Å². The standard InChI is InChI=1S/C19H32N6O2/c1-6-13(4)16-11-25(8-7-24(16)5)19(27)15-10-14(9-12(2)3)17(23-22-15)18(26)21-20/h10,12-13,16H,6-9,11,20H2,1-5H3,(H,21,26)/t13?,16-/m1/s1. The van der Waals surface area contributed by atoms with Crippen LogP contribution in [-0.2, 0) is 6.42 Å². The lowest BCUT2D eigenvalue weighted by atomic mass is 9.95. The number of nitrogens with one attached hydrogen (secondary N) is 1. The van der Waals surface area contributed by atoms with Crippen LogP contribution in [0.5, 0.6) is 0 Å². The highest BCUT2D eigenvalue weighted by Gasteiger charge is 2.31. The van der Waals surface area contributed by atoms with E-state index >= 15 is 0 Å². The molecular formula is C19H32N6O2. The van der Waals surface area contributed by atoms with Crippen molar-refractivity contribution in [2.24, 2.45) is 17.7 Å². The van der Waals surface area contributed by atoms with Gasteiger partial charge in [0.05, 0.1) is 0 Å². The lowest BCUT2D eigenvalue weighted by molar-refractivity contribution is 0.0435. The Bertz CT molecular complexity index is 674. The van der Waals surface area contributed by atoms with Crippen molar-refractivity contribution in [1.29, 1.82) is 0 Å². The number of hydrogen-bond acceptors (Lipinski definition) is 6. The third-order valence-corrected chi connectivity index (χ3v) is 5.35. The van der Waals surface area contributed by atoms with Crippen LogP contribution in [0, 0.1) is 11.8 Å². The molecule has 2 heterocycles. The van der Waals surface area contributed by atoms with Crippen LogP contribution in [0.2, 0.25) is 0 Å². The van der Waals surface area contributed by atoms with E-state index in [0.29, 0.717) is 43.0 Å². The van der Waals surface area contributed by atoms with Crippen molar-refractivity contribution in [3.8, 4) is 0 Å². The van der Waals surface area contributed by atoms with E-state index in [2.05, 4.69) is 41.4 Å². The van der Waals surface area contributed by atoms with Gasteiger partial charge in [0.1, 0.15) is 0 Å². The second-order valence-corrected chi connectivity index (χ2v) is 7.86. The molecule has 0 bridgehead atoms. The van der Waals surface area contributed by atoms with Gasteiger partial charge in [-0.3, -0.25) is 19.9 Å². The zero-order chi connectivity index (χ0) is 20.1. The predicted molar refractivity (Wildman–Crippen MR) is 104 cm³/mol. The quantitative estimate of drug-likeness (QED) is 0.437. The molecule has 3 N–H and O–H groups in total. The Morgan fingerprint density at radius 2 is 2.00 bits per heavy atom. The summed E-state index contributed by atoms with van der Waals surface area (Å²) in [5.41, 5.74) is 3.25. The molecule has 8 heteroatoms. The summed E-state index contributed by atoms with van der Waals surface area (Å²) in [6.45, 7) is 10.7. The fourth-order valence-corrected chi connectivity index (χ4v) is 3.52. The van der Waals surface area contributed by atoms with Crippen molar-refractivity contribution in [2.45, 2.75) is 46.6 Å². The van der Waals surface area contributed by atoms with E-state index in [-0.39, 0.29) is 17.3 Å². The van der Waals surface area contributed by atoms with Gasteiger partial charge in [-0.1, -0.05) is 34.1 Å². The van der Waals surface area contributed by atoms with Gasteiger partial charge >= 0.3 is 0 Å². The van der Waals surface area contributed by atoms with E-state index in [1.165, 1.54) is 0 Å². The second kappa shape index (κ2) is 9.23. The largest absolute Gasteiger partial charge is 0.334 e. The summed E-state index contributed by atoms with van der Waals surface area (Å²) in [7, 11) is 2.11. The molecule has 8 nitrogen and oxygen atoms in total. The molecule has 1 fully saturated rings. The summed E-state index contributed by atoms with van der Waals surface area (Å²) < 4.78 is 0. The Morgan fingerprint density at radius 1 is 1.30 bits per heavy atom. The van der Waals surface area contributed by atoms with Crippen LogP contribution in [0.15, 0.2) is 6.07 Å². The number of hydrazine groups is 1. The monoisotopic (exact) mass is 376 g/mol. The van der Waals surface area contributed by atoms with Crippen molar-refractivity contribution in [2.75, 3.05) is 26.7 Å². The van der Waals surface area contributed by atoms with E-state index in [4.69, 9.17) is 5.84 Å². The molecule has 1 aliphatic rings. The van der Waals surface area contributed by atoms with E-state index < -0.39 is 5.91 Å². The number of nitrogens with zero attached hydrogens (tertiary/aromatic N) is 4. The Morgan fingerprint density at radius 3 is 2.59 bits per heavy atom. The third kappa shape index (κ3) is 5.01. The minimum absolute atomic E-state index is 0.131. The summed E-state index contributed by atoms with van der Waals surface area (Å²) in [6.07, 6.45) is 1.69. The molecule has 1 aliphatic heterocycles. The number of carbonyl (C=O) groups is 2. The van der Waals surface area contributed by atoms with Gasteiger partial charge in [0.25, 0.3) is 11.8 Å². The smallest absolute Gasteiger partial charge is 0.285 e. The topological polar surface area (TPSA) is 104 Å². The summed E-state index contributed by atoms with van der Waals surface area (Å²) >= 11 is 0. The number of likely N-dealkylation sites (N-methyl/N-ethyl adjacent to an activating group) is 1. The Hall–Kier alpha value is -2.06. The van der Waals surface area contributed by atoms with Crippen molar-refractivity contribution in [3.63, 3.8) is 0 Å². The van der Waals surface area contributed by atoms with Gasteiger partial charge in [-0.2, -0.15) is 0 Å². The summed E-state index contributed by atoms with van der Waals surface area (Å²) in [6, 6.07) is 2.02. The highest BCUT2D eigenvalue weighted by molar-refractivity contribution is 5.96. The number of amides is 2. The molecule has 2 rings (SSSR count). The molecule has 150 valence electrons. The predicted octanol–water partition coefficient (Wildman–Crippen LogP) is 1.08. The molecule has 0 spiro atoms. The zero-order valence-electron chi connectivity index (χ0n) is 17.0. The van der Waals surface area contributed by atoms with Gasteiger partial charge in [-0.25, -0.2) is 5.84 Å². The Kier molecular flexibility index (Phi) is 7.26. The van der Waals surface area contributed by atoms with Gasteiger partial charge in [-0.15, -0.1) is 10.2 Å². The second-order valence-electron chi connectivity index (χ2n) is 7.86. The number of rotatable bonds is 6. The highest BCUT2D eigenvalue weighted by atomic mass is 16.2. The average molecular weight is 377 g/mol. The van der Waals surface area contributed by atoms with Crippen LogP contribution in [0.3, 0.4) is 0 Å². The van der Waals surface area contributed by atoms with Gasteiger partial charge in [0.2, 0.25) is 0 Å². The molecule has 0 aliphatic carbocycles. The molecule has 1 aromatic heterocycles. The van der Waals surface area contributed by atoms with Crippen LogP contribution in [-0.4, -0.2) is 64.5 Å². The molecule has 27 heavy (non-hydrogen) atoms. The lowest BCUT2D eigenvalue weighted by Crippen LogP contribution is -2.55. The first-order chi connectivity index (χ1) is 12.8. The number of nitrogen functional groups attached to an aromatic ring is 1. The molecule has 1 aromatic rings. The third-order valence-electron chi connectivity index (χ3n) is 5.35. The maximum Gasteiger partial charge on any atom is 0.285 e. The van der Waals surface area contributed by atoms with Crippen LogP contribution < -0.4 is 11.3 Å². The SMILES string of the molecule is CCC(C)[C@H]1CN(C(=O)c2cc(CC(C)C)c(C(=O)NN)nn2)CCN1C. The summed E-state index contributed by atoms with van der Waals surface area (Å²) in [5.74, 6) is 5.43. The van der Waals surface area contributed by atoms with Crippen molar-refractivity contribution in [1.82, 2.24) is 25.4 Å². The van der Waals surface area contributed by atoms with E-state index in [9.17, 15) is 9.59 Å². The first-order valence-electron chi connectivity index (χ1n) is 9.65.